The summed E-state index contributed by atoms with van der Waals surface area (Å²) in [5, 5.41) is 19.4. The molecule has 1 aromatic heterocycles. The molecule has 0 radical (unpaired) electrons. The first-order valence-electron chi connectivity index (χ1n) is 10.2. The summed E-state index contributed by atoms with van der Waals surface area (Å²) in [6, 6.07) is 11.1. The van der Waals surface area contributed by atoms with Crippen molar-refractivity contribution in [2.45, 2.75) is 76.0 Å². The number of aromatic nitrogens is 4. The molecule has 1 amide bonds. The quantitative estimate of drug-likeness (QED) is 0.783. The van der Waals surface area contributed by atoms with Gasteiger partial charge in [0.1, 0.15) is 0 Å². The smallest absolute Gasteiger partial charge is 0.222 e. The fourth-order valence-electron chi connectivity index (χ4n) is 3.97. The van der Waals surface area contributed by atoms with Crippen molar-refractivity contribution in [2.75, 3.05) is 0 Å². The van der Waals surface area contributed by atoms with E-state index in [2.05, 4.69) is 26.0 Å². The highest BCUT2D eigenvalue weighted by Crippen LogP contribution is 2.24. The van der Waals surface area contributed by atoms with Gasteiger partial charge in [-0.25, -0.2) is 0 Å². The number of carbonyl (C=O) groups excluding carboxylic acids is 1. The largest absolute Gasteiger partial charge is 0.352 e. The number of carbonyl (C=O) groups is 1. The van der Waals surface area contributed by atoms with Crippen LogP contribution in [0.3, 0.4) is 0 Å². The van der Waals surface area contributed by atoms with E-state index in [1.54, 1.807) is 0 Å². The summed E-state index contributed by atoms with van der Waals surface area (Å²) < 4.78 is 0. The first-order valence-corrected chi connectivity index (χ1v) is 10.2. The third-order valence-corrected chi connectivity index (χ3v) is 5.70. The molecule has 2 aromatic rings. The summed E-state index contributed by atoms with van der Waals surface area (Å²) in [5.41, 5.74) is 0.930. The van der Waals surface area contributed by atoms with E-state index in [0.29, 0.717) is 30.9 Å². The number of tetrazole rings is 1. The van der Waals surface area contributed by atoms with Gasteiger partial charge in [-0.1, -0.05) is 49.6 Å². The molecule has 2 aliphatic rings. The molecule has 2 N–H and O–H groups in total. The zero-order valence-corrected chi connectivity index (χ0v) is 15.7. The summed E-state index contributed by atoms with van der Waals surface area (Å²) in [6.07, 6.45) is 9.18. The first kappa shape index (κ1) is 18.1. The van der Waals surface area contributed by atoms with Gasteiger partial charge in [0, 0.05) is 30.1 Å². The van der Waals surface area contributed by atoms with Crippen LogP contribution < -0.4 is 10.6 Å². The van der Waals surface area contributed by atoms with Crippen molar-refractivity contribution in [3.05, 3.63) is 30.3 Å². The Bertz CT molecular complexity index is 740. The third kappa shape index (κ3) is 4.71. The van der Waals surface area contributed by atoms with Gasteiger partial charge in [-0.2, -0.15) is 4.80 Å². The number of aryl methyl sites for hydroxylation is 1. The lowest BCUT2D eigenvalue weighted by Crippen LogP contribution is -2.59. The Labute approximate surface area is 159 Å². The molecule has 1 aromatic carbocycles. The molecule has 2 aliphatic carbocycles. The van der Waals surface area contributed by atoms with E-state index in [1.165, 1.54) is 36.9 Å². The fourth-order valence-corrected chi connectivity index (χ4v) is 3.97. The van der Waals surface area contributed by atoms with E-state index in [4.69, 9.17) is 0 Å². The van der Waals surface area contributed by atoms with E-state index in [-0.39, 0.29) is 11.9 Å². The van der Waals surface area contributed by atoms with E-state index in [1.807, 2.05) is 30.3 Å². The van der Waals surface area contributed by atoms with Crippen LogP contribution in [0.2, 0.25) is 0 Å². The lowest BCUT2D eigenvalue weighted by atomic mass is 9.84. The number of nitrogens with one attached hydrogen (secondary N) is 2. The molecule has 0 spiro atoms. The maximum atomic E-state index is 12.3. The second-order valence-corrected chi connectivity index (χ2v) is 7.68. The number of hydrogen-bond donors (Lipinski definition) is 2. The van der Waals surface area contributed by atoms with Gasteiger partial charge in [0.15, 0.2) is 0 Å². The van der Waals surface area contributed by atoms with Crippen molar-refractivity contribution in [3.8, 4) is 11.4 Å². The topological polar surface area (TPSA) is 84.7 Å². The Hall–Kier alpha value is -2.28. The Kier molecular flexibility index (Phi) is 5.77. The zero-order valence-electron chi connectivity index (χ0n) is 15.7. The monoisotopic (exact) mass is 368 g/mol. The Morgan fingerprint density at radius 3 is 2.56 bits per heavy atom. The summed E-state index contributed by atoms with van der Waals surface area (Å²) >= 11 is 0. The minimum absolute atomic E-state index is 0.0636. The summed E-state index contributed by atoms with van der Waals surface area (Å²) in [7, 11) is 0. The number of hydrogen-bond acceptors (Lipinski definition) is 5. The summed E-state index contributed by atoms with van der Waals surface area (Å²) in [5.74, 6) is 0.653. The van der Waals surface area contributed by atoms with Gasteiger partial charge in [0.05, 0.1) is 6.54 Å². The minimum atomic E-state index is 0.0636. The average Bonchev–Trinajstić information content (AvgIpc) is 3.18. The number of rotatable bonds is 7. The van der Waals surface area contributed by atoms with Crippen molar-refractivity contribution in [1.82, 2.24) is 30.8 Å². The molecule has 2 atom stereocenters. The van der Waals surface area contributed by atoms with Crippen molar-refractivity contribution in [1.29, 1.82) is 0 Å². The number of nitrogens with zero attached hydrogens (tertiary/aromatic N) is 4. The summed E-state index contributed by atoms with van der Waals surface area (Å²) in [4.78, 5) is 13.8. The zero-order chi connectivity index (χ0) is 18.5. The van der Waals surface area contributed by atoms with Crippen LogP contribution in [-0.4, -0.2) is 44.2 Å². The molecule has 144 valence electrons. The molecule has 7 nitrogen and oxygen atoms in total. The molecule has 2 fully saturated rings. The van der Waals surface area contributed by atoms with Crippen molar-refractivity contribution < 1.29 is 4.79 Å². The standard InChI is InChI=1S/C20H28N6O/c27-19(22-18-12-11-17(18)21-16-9-5-2-6-10-16)13-14-26-24-20(23-25-26)15-7-3-1-4-8-15/h1,3-4,7-8,16-18,21H,2,5-6,9-14H2,(H,22,27)/t17-,18+/m0/s1. The van der Waals surface area contributed by atoms with Crippen LogP contribution in [0.4, 0.5) is 0 Å². The number of amides is 1. The van der Waals surface area contributed by atoms with Gasteiger partial charge < -0.3 is 10.6 Å². The molecule has 27 heavy (non-hydrogen) atoms. The molecule has 7 heteroatoms. The lowest BCUT2D eigenvalue weighted by Gasteiger charge is -2.41. The van der Waals surface area contributed by atoms with Crippen LogP contribution in [0.25, 0.3) is 11.4 Å². The van der Waals surface area contributed by atoms with Crippen molar-refractivity contribution in [3.63, 3.8) is 0 Å². The van der Waals surface area contributed by atoms with Gasteiger partial charge in [0.25, 0.3) is 0 Å². The van der Waals surface area contributed by atoms with Gasteiger partial charge >= 0.3 is 0 Å². The van der Waals surface area contributed by atoms with Crippen molar-refractivity contribution in [2.24, 2.45) is 0 Å². The SMILES string of the molecule is O=C(CCn1nnc(-c2ccccc2)n1)N[C@@H]1CC[C@@H]1NC1CCCCC1. The van der Waals surface area contributed by atoms with E-state index in [0.717, 1.165) is 18.4 Å². The number of benzene rings is 1. The van der Waals surface area contributed by atoms with Crippen LogP contribution in [0.5, 0.6) is 0 Å². The van der Waals surface area contributed by atoms with Crippen LogP contribution >= 0.6 is 0 Å². The average molecular weight is 368 g/mol. The molecule has 1 heterocycles. The molecule has 0 bridgehead atoms. The predicted molar refractivity (Wildman–Crippen MR) is 103 cm³/mol. The lowest BCUT2D eigenvalue weighted by molar-refractivity contribution is -0.123. The molecule has 2 saturated carbocycles. The minimum Gasteiger partial charge on any atom is -0.352 e. The molecule has 0 unspecified atom stereocenters. The van der Waals surface area contributed by atoms with Crippen LogP contribution in [0, 0.1) is 0 Å². The molecular weight excluding hydrogens is 340 g/mol. The fraction of sp³-hybridized carbons (Fsp3) is 0.600. The van der Waals surface area contributed by atoms with E-state index in [9.17, 15) is 4.79 Å². The summed E-state index contributed by atoms with van der Waals surface area (Å²) in [6.45, 7) is 0.444. The van der Waals surface area contributed by atoms with E-state index < -0.39 is 0 Å². The van der Waals surface area contributed by atoms with Crippen LogP contribution in [0.15, 0.2) is 30.3 Å². The Balaban J connectivity index is 1.21. The van der Waals surface area contributed by atoms with Gasteiger partial charge in [-0.15, -0.1) is 10.2 Å². The highest BCUT2D eigenvalue weighted by molar-refractivity contribution is 5.76. The van der Waals surface area contributed by atoms with Crippen LogP contribution in [-0.2, 0) is 11.3 Å². The van der Waals surface area contributed by atoms with Crippen LogP contribution in [0.1, 0.15) is 51.4 Å². The van der Waals surface area contributed by atoms with Gasteiger partial charge in [-0.3, -0.25) is 4.79 Å². The van der Waals surface area contributed by atoms with E-state index >= 15 is 0 Å². The van der Waals surface area contributed by atoms with Gasteiger partial charge in [0.2, 0.25) is 11.7 Å². The second-order valence-electron chi connectivity index (χ2n) is 7.68. The van der Waals surface area contributed by atoms with Crippen molar-refractivity contribution >= 4 is 5.91 Å². The first-order chi connectivity index (χ1) is 13.3. The molecule has 0 saturated heterocycles. The third-order valence-electron chi connectivity index (χ3n) is 5.70. The van der Waals surface area contributed by atoms with Gasteiger partial charge in [-0.05, 0) is 30.9 Å². The molecule has 0 aliphatic heterocycles. The Morgan fingerprint density at radius 1 is 1.04 bits per heavy atom. The Morgan fingerprint density at radius 2 is 1.81 bits per heavy atom. The normalized spacial score (nSPS) is 23.0. The highest BCUT2D eigenvalue weighted by Gasteiger charge is 2.33. The maximum Gasteiger partial charge on any atom is 0.222 e. The molecule has 4 rings (SSSR count). The molecular formula is C20H28N6O. The predicted octanol–water partition coefficient (Wildman–Crippen LogP) is 2.30. The highest BCUT2D eigenvalue weighted by atomic mass is 16.1. The second kappa shape index (κ2) is 8.61. The maximum absolute atomic E-state index is 12.3.